The lowest BCUT2D eigenvalue weighted by Crippen LogP contribution is -2.25. The molecule has 108 valence electrons. The van der Waals surface area contributed by atoms with Crippen molar-refractivity contribution in [3.05, 3.63) is 35.2 Å². The number of hydrogen-bond donors (Lipinski definition) is 2. The lowest BCUT2D eigenvalue weighted by molar-refractivity contribution is 0.0961. The van der Waals surface area contributed by atoms with Crippen LogP contribution in [0.25, 0.3) is 21.1 Å². The van der Waals surface area contributed by atoms with Crippen molar-refractivity contribution < 1.29 is 4.79 Å². The molecule has 0 radical (unpaired) electrons. The summed E-state index contributed by atoms with van der Waals surface area (Å²) in [6.45, 7) is 0.642. The number of thiophene rings is 1. The fourth-order valence-electron chi connectivity index (χ4n) is 2.16. The third-order valence-electron chi connectivity index (χ3n) is 3.22. The van der Waals surface area contributed by atoms with E-state index < -0.39 is 0 Å². The molecule has 2 heterocycles. The fraction of sp³-hybridized carbons (Fsp3) is 0.200. The van der Waals surface area contributed by atoms with E-state index in [1.54, 1.807) is 11.8 Å². The zero-order valence-electron chi connectivity index (χ0n) is 11.6. The van der Waals surface area contributed by atoms with Gasteiger partial charge in [0.05, 0.1) is 11.2 Å². The summed E-state index contributed by atoms with van der Waals surface area (Å²) in [5.74, 6) is 0.771. The van der Waals surface area contributed by atoms with Gasteiger partial charge in [-0.2, -0.15) is 11.8 Å². The van der Waals surface area contributed by atoms with Gasteiger partial charge >= 0.3 is 0 Å². The molecular weight excluding hydrogens is 302 g/mol. The van der Waals surface area contributed by atoms with Crippen molar-refractivity contribution in [1.29, 1.82) is 0 Å². The Morgan fingerprint density at radius 1 is 1.43 bits per heavy atom. The summed E-state index contributed by atoms with van der Waals surface area (Å²) in [5.41, 5.74) is 7.58. The molecule has 0 fully saturated rings. The molecule has 1 aromatic carbocycles. The summed E-state index contributed by atoms with van der Waals surface area (Å²) in [6.07, 6.45) is 2.01. The Kier molecular flexibility index (Phi) is 3.98. The van der Waals surface area contributed by atoms with Crippen molar-refractivity contribution >= 4 is 55.8 Å². The summed E-state index contributed by atoms with van der Waals surface area (Å²) in [4.78, 5) is 18.1. The van der Waals surface area contributed by atoms with E-state index in [1.807, 2.05) is 36.6 Å². The molecule has 0 saturated carbocycles. The molecule has 6 heteroatoms. The van der Waals surface area contributed by atoms with E-state index in [2.05, 4.69) is 10.3 Å². The Balaban J connectivity index is 2.02. The van der Waals surface area contributed by atoms with Gasteiger partial charge in [-0.3, -0.25) is 4.79 Å². The van der Waals surface area contributed by atoms with Gasteiger partial charge in [-0.15, -0.1) is 11.3 Å². The van der Waals surface area contributed by atoms with E-state index in [-0.39, 0.29) is 5.91 Å². The predicted molar refractivity (Wildman–Crippen MR) is 92.3 cm³/mol. The lowest BCUT2D eigenvalue weighted by atomic mass is 10.1. The van der Waals surface area contributed by atoms with Crippen LogP contribution in [0.5, 0.6) is 0 Å². The number of hydrogen-bond acceptors (Lipinski definition) is 5. The van der Waals surface area contributed by atoms with Gasteiger partial charge in [0.1, 0.15) is 9.71 Å². The number of nitrogen functional groups attached to an aromatic ring is 1. The smallest absolute Gasteiger partial charge is 0.263 e. The molecule has 4 nitrogen and oxygen atoms in total. The van der Waals surface area contributed by atoms with E-state index >= 15 is 0 Å². The zero-order valence-corrected chi connectivity index (χ0v) is 13.2. The first-order chi connectivity index (χ1) is 10.2. The first-order valence-electron chi connectivity index (χ1n) is 6.55. The number of amides is 1. The molecule has 0 unspecified atom stereocenters. The van der Waals surface area contributed by atoms with Gasteiger partial charge in [0.2, 0.25) is 0 Å². The van der Waals surface area contributed by atoms with E-state index in [9.17, 15) is 4.79 Å². The molecule has 0 bridgehead atoms. The Bertz CT molecular complexity index is 813. The van der Waals surface area contributed by atoms with Gasteiger partial charge in [-0.05, 0) is 18.4 Å². The molecule has 2 aromatic heterocycles. The summed E-state index contributed by atoms with van der Waals surface area (Å²) >= 11 is 3.04. The number of pyridine rings is 1. The minimum atomic E-state index is -0.117. The van der Waals surface area contributed by atoms with E-state index in [1.165, 1.54) is 11.3 Å². The number of para-hydroxylation sites is 1. The summed E-state index contributed by atoms with van der Waals surface area (Å²) in [5, 5.41) is 4.77. The molecule has 21 heavy (non-hydrogen) atoms. The molecule has 0 aliphatic heterocycles. The number of anilines is 1. The van der Waals surface area contributed by atoms with Crippen molar-refractivity contribution in [1.82, 2.24) is 10.3 Å². The van der Waals surface area contributed by atoms with Crippen molar-refractivity contribution in [2.45, 2.75) is 0 Å². The third-order valence-corrected chi connectivity index (χ3v) is 4.95. The monoisotopic (exact) mass is 317 g/mol. The molecule has 0 spiro atoms. The number of carbonyl (C=O) groups excluding carboxylic acids is 1. The first-order valence-corrected chi connectivity index (χ1v) is 8.76. The summed E-state index contributed by atoms with van der Waals surface area (Å²) in [7, 11) is 0. The molecule has 1 amide bonds. The van der Waals surface area contributed by atoms with Crippen LogP contribution < -0.4 is 11.1 Å². The number of rotatable bonds is 4. The molecule has 3 rings (SSSR count). The average Bonchev–Trinajstić information content (AvgIpc) is 2.82. The zero-order chi connectivity index (χ0) is 14.8. The van der Waals surface area contributed by atoms with Crippen LogP contribution in [0, 0.1) is 0 Å². The number of fused-ring (bicyclic) bond motifs is 2. The normalized spacial score (nSPS) is 11.1. The quantitative estimate of drug-likeness (QED) is 0.726. The average molecular weight is 317 g/mol. The van der Waals surface area contributed by atoms with Gasteiger partial charge in [0.25, 0.3) is 5.91 Å². The Morgan fingerprint density at radius 3 is 3.05 bits per heavy atom. The second-order valence-corrected chi connectivity index (χ2v) is 6.61. The maximum Gasteiger partial charge on any atom is 0.263 e. The number of carbonyl (C=O) groups is 1. The number of benzene rings is 1. The van der Waals surface area contributed by atoms with Crippen LogP contribution in [0.15, 0.2) is 30.3 Å². The van der Waals surface area contributed by atoms with Crippen molar-refractivity contribution in [2.24, 2.45) is 0 Å². The highest BCUT2D eigenvalue weighted by atomic mass is 32.2. The maximum absolute atomic E-state index is 12.2. The van der Waals surface area contributed by atoms with Crippen LogP contribution >= 0.6 is 23.1 Å². The molecular formula is C15H15N3OS2. The predicted octanol–water partition coefficient (Wildman–Crippen LogP) is 3.12. The standard InChI is InChI=1S/C15H15N3OS2/c1-20-7-6-17-14(19)13-12(16)10-8-9-4-2-3-5-11(9)18-15(10)21-13/h2-5,8H,6-7,16H2,1H3,(H,17,19). The van der Waals surface area contributed by atoms with E-state index in [4.69, 9.17) is 5.73 Å². The Hall–Kier alpha value is -1.79. The SMILES string of the molecule is CSCCNC(=O)c1sc2nc3ccccc3cc2c1N. The minimum absolute atomic E-state index is 0.117. The Morgan fingerprint density at radius 2 is 2.24 bits per heavy atom. The van der Waals surface area contributed by atoms with Gasteiger partial charge < -0.3 is 11.1 Å². The number of nitrogens with two attached hydrogens (primary N) is 1. The molecule has 0 aliphatic carbocycles. The van der Waals surface area contributed by atoms with Gasteiger partial charge in [-0.25, -0.2) is 4.98 Å². The second-order valence-electron chi connectivity index (χ2n) is 4.63. The summed E-state index contributed by atoms with van der Waals surface area (Å²) in [6, 6.07) is 9.88. The van der Waals surface area contributed by atoms with Crippen LogP contribution in [0.1, 0.15) is 9.67 Å². The molecule has 0 atom stereocenters. The highest BCUT2D eigenvalue weighted by Gasteiger charge is 2.17. The number of thioether (sulfide) groups is 1. The van der Waals surface area contributed by atoms with Crippen molar-refractivity contribution in [3.63, 3.8) is 0 Å². The lowest BCUT2D eigenvalue weighted by Gasteiger charge is -2.02. The van der Waals surface area contributed by atoms with Gasteiger partial charge in [-0.1, -0.05) is 18.2 Å². The van der Waals surface area contributed by atoms with E-state index in [0.29, 0.717) is 17.1 Å². The second kappa shape index (κ2) is 5.91. The van der Waals surface area contributed by atoms with Crippen molar-refractivity contribution in [3.8, 4) is 0 Å². The third kappa shape index (κ3) is 2.69. The number of aromatic nitrogens is 1. The highest BCUT2D eigenvalue weighted by Crippen LogP contribution is 2.34. The maximum atomic E-state index is 12.2. The molecule has 3 N–H and O–H groups in total. The summed E-state index contributed by atoms with van der Waals surface area (Å²) < 4.78 is 0. The highest BCUT2D eigenvalue weighted by molar-refractivity contribution is 7.98. The molecule has 3 aromatic rings. The van der Waals surface area contributed by atoms with Crippen LogP contribution in [-0.4, -0.2) is 29.4 Å². The number of nitrogens with one attached hydrogen (secondary N) is 1. The van der Waals surface area contributed by atoms with E-state index in [0.717, 1.165) is 26.9 Å². The number of nitrogens with zero attached hydrogens (tertiary/aromatic N) is 1. The van der Waals surface area contributed by atoms with Crippen molar-refractivity contribution in [2.75, 3.05) is 24.3 Å². The van der Waals surface area contributed by atoms with Crippen LogP contribution in [0.4, 0.5) is 5.69 Å². The minimum Gasteiger partial charge on any atom is -0.397 e. The topological polar surface area (TPSA) is 68.0 Å². The van der Waals surface area contributed by atoms with Crippen LogP contribution in [0.2, 0.25) is 0 Å². The van der Waals surface area contributed by atoms with Gasteiger partial charge in [0, 0.05) is 23.1 Å². The fourth-order valence-corrected chi connectivity index (χ4v) is 3.47. The largest absolute Gasteiger partial charge is 0.397 e. The first kappa shape index (κ1) is 14.2. The van der Waals surface area contributed by atoms with Crippen LogP contribution in [0.3, 0.4) is 0 Å². The molecule has 0 saturated heterocycles. The van der Waals surface area contributed by atoms with Crippen LogP contribution in [-0.2, 0) is 0 Å². The molecule has 0 aliphatic rings. The Labute approximate surface area is 130 Å². The van der Waals surface area contributed by atoms with Gasteiger partial charge in [0.15, 0.2) is 0 Å².